The molecule has 2 heterocycles. The molecule has 2 bridgehead atoms. The Morgan fingerprint density at radius 2 is 2.03 bits per heavy atom. The summed E-state index contributed by atoms with van der Waals surface area (Å²) in [6.45, 7) is 4.37. The number of hydrogen-bond acceptors (Lipinski definition) is 8. The number of hydrogen-bond donors (Lipinski definition) is 1. The van der Waals surface area contributed by atoms with Crippen LogP contribution in [0.5, 0.6) is 5.75 Å². The molecule has 9 heteroatoms. The maximum atomic E-state index is 15.6. The van der Waals surface area contributed by atoms with Gasteiger partial charge >= 0.3 is 0 Å². The van der Waals surface area contributed by atoms with Gasteiger partial charge in [0.05, 0.1) is 22.7 Å². The zero-order chi connectivity index (χ0) is 24.1. The highest BCUT2D eigenvalue weighted by molar-refractivity contribution is 7.15. The molecule has 0 unspecified atom stereocenters. The lowest BCUT2D eigenvalue weighted by Crippen LogP contribution is -2.57. The van der Waals surface area contributed by atoms with Crippen molar-refractivity contribution < 1.29 is 9.50 Å². The average Bonchev–Trinajstić information content (AvgIpc) is 3.30. The van der Waals surface area contributed by atoms with Gasteiger partial charge in [-0.15, -0.1) is 21.5 Å². The second kappa shape index (κ2) is 8.27. The second-order valence-electron chi connectivity index (χ2n) is 10.3. The number of rotatable bonds is 4. The van der Waals surface area contributed by atoms with Gasteiger partial charge in [0.2, 0.25) is 0 Å². The Morgan fingerprint density at radius 3 is 2.71 bits per heavy atom. The van der Waals surface area contributed by atoms with Crippen molar-refractivity contribution in [3.63, 3.8) is 0 Å². The molecule has 0 radical (unpaired) electrons. The van der Waals surface area contributed by atoms with Crippen molar-refractivity contribution >= 4 is 17.2 Å². The van der Waals surface area contributed by atoms with Crippen molar-refractivity contribution in [2.75, 3.05) is 11.9 Å². The molecule has 3 aromatic rings. The predicted octanol–water partition coefficient (Wildman–Crippen LogP) is 5.37. The summed E-state index contributed by atoms with van der Waals surface area (Å²) >= 11 is 1.26. The molecular formula is C25H27FN6OS. The van der Waals surface area contributed by atoms with Crippen LogP contribution in [0.2, 0.25) is 0 Å². The third kappa shape index (κ3) is 3.90. The molecule has 0 saturated heterocycles. The zero-order valence-electron chi connectivity index (χ0n) is 19.5. The lowest BCUT2D eigenvalue weighted by molar-refractivity contribution is -0.0540. The number of phenolic OH excluding ortho intramolecular Hbond substituents is 1. The number of nitriles is 1. The van der Waals surface area contributed by atoms with E-state index < -0.39 is 6.17 Å². The maximum Gasteiger partial charge on any atom is 0.194 e. The molecule has 0 amide bonds. The predicted molar refractivity (Wildman–Crippen MR) is 129 cm³/mol. The van der Waals surface area contributed by atoms with Gasteiger partial charge in [0.25, 0.3) is 0 Å². The van der Waals surface area contributed by atoms with E-state index in [4.69, 9.17) is 5.26 Å². The van der Waals surface area contributed by atoms with Gasteiger partial charge in [-0.25, -0.2) is 14.4 Å². The molecule has 7 nitrogen and oxygen atoms in total. The van der Waals surface area contributed by atoms with E-state index in [2.05, 4.69) is 34.0 Å². The molecule has 0 aliphatic heterocycles. The van der Waals surface area contributed by atoms with E-state index in [-0.39, 0.29) is 22.6 Å². The molecule has 2 saturated carbocycles. The molecule has 5 rings (SSSR count). The standard InChI is InChI=1S/C25H27FN6OS/c1-24-7-4-8-25(2,14-24)22(26)17(10-24)32(3)20-13-29-23(31-30-20)16-6-5-15(9-18(16)33)19-12-28-21(11-27)34-19/h5-6,9,12-13,17,22,33H,4,7-8,10,14H2,1-3H3/t17-,22-,24-,25-/m0/s1. The molecule has 34 heavy (non-hydrogen) atoms. The smallest absolute Gasteiger partial charge is 0.194 e. The number of anilines is 1. The minimum atomic E-state index is -0.933. The van der Waals surface area contributed by atoms with Gasteiger partial charge in [0, 0.05) is 18.7 Å². The Bertz CT molecular complexity index is 1260. The van der Waals surface area contributed by atoms with Crippen molar-refractivity contribution in [3.8, 4) is 33.6 Å². The van der Waals surface area contributed by atoms with Crippen LogP contribution in [-0.2, 0) is 0 Å². The van der Waals surface area contributed by atoms with E-state index in [1.807, 2.05) is 24.1 Å². The van der Waals surface area contributed by atoms with Gasteiger partial charge in [0.1, 0.15) is 18.0 Å². The Labute approximate surface area is 202 Å². The average molecular weight is 479 g/mol. The first-order chi connectivity index (χ1) is 16.2. The second-order valence-corrected chi connectivity index (χ2v) is 11.3. The lowest BCUT2D eigenvalue weighted by Gasteiger charge is -2.55. The summed E-state index contributed by atoms with van der Waals surface area (Å²) in [5, 5.41) is 28.5. The van der Waals surface area contributed by atoms with Crippen LogP contribution in [0.3, 0.4) is 0 Å². The summed E-state index contributed by atoms with van der Waals surface area (Å²) in [4.78, 5) is 11.1. The van der Waals surface area contributed by atoms with Crippen LogP contribution in [0.4, 0.5) is 10.2 Å². The van der Waals surface area contributed by atoms with Crippen molar-refractivity contribution in [3.05, 3.63) is 35.6 Å². The third-order valence-corrected chi connectivity index (χ3v) is 8.55. The van der Waals surface area contributed by atoms with Gasteiger partial charge in [-0.2, -0.15) is 5.26 Å². The number of aromatic nitrogens is 4. The molecule has 176 valence electrons. The quantitative estimate of drug-likeness (QED) is 0.538. The fourth-order valence-electron chi connectivity index (χ4n) is 5.94. The number of fused-ring (bicyclic) bond motifs is 2. The summed E-state index contributed by atoms with van der Waals surface area (Å²) in [6.07, 6.45) is 7.14. The van der Waals surface area contributed by atoms with Crippen LogP contribution in [-0.4, -0.2) is 44.5 Å². The number of nitrogens with zero attached hydrogens (tertiary/aromatic N) is 6. The van der Waals surface area contributed by atoms with Crippen molar-refractivity contribution in [2.45, 2.75) is 58.2 Å². The molecule has 2 aromatic heterocycles. The Kier molecular flexibility index (Phi) is 5.52. The first-order valence-electron chi connectivity index (χ1n) is 11.5. The summed E-state index contributed by atoms with van der Waals surface area (Å²) < 4.78 is 15.6. The molecule has 4 atom stereocenters. The summed E-state index contributed by atoms with van der Waals surface area (Å²) in [6, 6.07) is 6.89. The first kappa shape index (κ1) is 22.7. The van der Waals surface area contributed by atoms with Crippen LogP contribution in [0.1, 0.15) is 51.0 Å². The molecular weight excluding hydrogens is 451 g/mol. The van der Waals surface area contributed by atoms with Crippen LogP contribution < -0.4 is 4.90 Å². The van der Waals surface area contributed by atoms with E-state index in [1.54, 1.807) is 24.5 Å². The number of thiazole rings is 1. The minimum absolute atomic E-state index is 0.0112. The topological polar surface area (TPSA) is 98.8 Å². The van der Waals surface area contributed by atoms with Crippen LogP contribution in [0, 0.1) is 22.2 Å². The van der Waals surface area contributed by atoms with E-state index in [0.717, 1.165) is 42.5 Å². The van der Waals surface area contributed by atoms with E-state index in [1.165, 1.54) is 11.3 Å². The molecule has 1 aromatic carbocycles. The molecule has 2 aliphatic carbocycles. The van der Waals surface area contributed by atoms with E-state index in [9.17, 15) is 5.11 Å². The van der Waals surface area contributed by atoms with Gasteiger partial charge in [-0.05, 0) is 48.8 Å². The number of alkyl halides is 1. The number of aromatic hydroxyl groups is 1. The highest BCUT2D eigenvalue weighted by Crippen LogP contribution is 2.57. The van der Waals surface area contributed by atoms with Gasteiger partial charge < -0.3 is 10.0 Å². The van der Waals surface area contributed by atoms with Crippen molar-refractivity contribution in [1.29, 1.82) is 5.26 Å². The largest absolute Gasteiger partial charge is 0.507 e. The number of halogens is 1. The van der Waals surface area contributed by atoms with Gasteiger partial charge in [-0.3, -0.25) is 0 Å². The van der Waals surface area contributed by atoms with Crippen LogP contribution in [0.15, 0.2) is 30.6 Å². The molecule has 1 N–H and O–H groups in total. The number of phenols is 1. The summed E-state index contributed by atoms with van der Waals surface area (Å²) in [7, 11) is 1.87. The van der Waals surface area contributed by atoms with E-state index >= 15 is 4.39 Å². The van der Waals surface area contributed by atoms with Crippen LogP contribution >= 0.6 is 11.3 Å². The molecule has 2 aliphatic rings. The Balaban J connectivity index is 1.37. The number of benzene rings is 1. The van der Waals surface area contributed by atoms with Gasteiger partial charge in [-0.1, -0.05) is 26.3 Å². The first-order valence-corrected chi connectivity index (χ1v) is 12.3. The monoisotopic (exact) mass is 478 g/mol. The SMILES string of the molecule is CN(c1cnc(-c2ccc(-c3cnc(C#N)s3)cc2O)nn1)[C@H]1C[C@]2(C)CCC[C@@](C)(C2)[C@H]1F. The minimum Gasteiger partial charge on any atom is -0.507 e. The molecule has 2 fully saturated rings. The highest BCUT2D eigenvalue weighted by Gasteiger charge is 2.54. The summed E-state index contributed by atoms with van der Waals surface area (Å²) in [5.74, 6) is 0.824. The normalized spacial score (nSPS) is 28.3. The molecule has 0 spiro atoms. The fraction of sp³-hybridized carbons (Fsp3) is 0.480. The lowest BCUT2D eigenvalue weighted by atomic mass is 9.54. The maximum absolute atomic E-state index is 15.6. The van der Waals surface area contributed by atoms with E-state index in [0.29, 0.717) is 22.2 Å². The van der Waals surface area contributed by atoms with Crippen LogP contribution in [0.25, 0.3) is 21.8 Å². The Hall–Kier alpha value is -3.12. The highest BCUT2D eigenvalue weighted by atomic mass is 32.1. The van der Waals surface area contributed by atoms with Crippen molar-refractivity contribution in [2.24, 2.45) is 10.8 Å². The zero-order valence-corrected chi connectivity index (χ0v) is 20.3. The van der Waals surface area contributed by atoms with Gasteiger partial charge in [0.15, 0.2) is 16.6 Å². The summed E-state index contributed by atoms with van der Waals surface area (Å²) in [5.41, 5.74) is 1.05. The van der Waals surface area contributed by atoms with Crippen molar-refractivity contribution in [1.82, 2.24) is 20.2 Å². The third-order valence-electron chi connectivity index (χ3n) is 7.60. The fourth-order valence-corrected chi connectivity index (χ4v) is 6.65. The Morgan fingerprint density at radius 1 is 1.21 bits per heavy atom.